The molecule has 0 spiro atoms. The van der Waals surface area contributed by atoms with Gasteiger partial charge in [-0.05, 0) is 38.0 Å². The van der Waals surface area contributed by atoms with E-state index in [-0.39, 0.29) is 0 Å². The molecule has 0 aliphatic carbocycles. The maximum atomic E-state index is 12.9. The van der Waals surface area contributed by atoms with Crippen LogP contribution >= 0.6 is 11.3 Å². The van der Waals surface area contributed by atoms with E-state index >= 15 is 0 Å². The molecule has 0 radical (unpaired) electrons. The lowest BCUT2D eigenvalue weighted by molar-refractivity contribution is 0.166. The molecule has 1 aliphatic heterocycles. The third-order valence-electron chi connectivity index (χ3n) is 3.95. The number of hydrogen-bond donors (Lipinski definition) is 1. The van der Waals surface area contributed by atoms with Crippen LogP contribution in [0.3, 0.4) is 0 Å². The van der Waals surface area contributed by atoms with Crippen LogP contribution < -0.4 is 4.31 Å². The molecule has 6 heteroatoms. The largest absolute Gasteiger partial charge is 0.388 e. The standard InChI is InChI=1S/C16H19NO3S2/c1-3-12-5-7-16(21-12)22(19,20)17-9-8-15(18)13-10-11(2)4-6-14(13)17/h4-7,10,15,18H,3,8-9H2,1-2H3. The second-order valence-electron chi connectivity index (χ2n) is 5.52. The molecule has 0 fully saturated rings. The van der Waals surface area contributed by atoms with Gasteiger partial charge in [0.15, 0.2) is 0 Å². The van der Waals surface area contributed by atoms with Gasteiger partial charge in [0.2, 0.25) is 0 Å². The molecule has 2 aromatic rings. The number of benzene rings is 1. The summed E-state index contributed by atoms with van der Waals surface area (Å²) in [7, 11) is -3.56. The molecular weight excluding hydrogens is 318 g/mol. The smallest absolute Gasteiger partial charge is 0.273 e. The lowest BCUT2D eigenvalue weighted by Gasteiger charge is -2.32. The molecule has 0 amide bonds. The van der Waals surface area contributed by atoms with Gasteiger partial charge in [0.1, 0.15) is 4.21 Å². The maximum Gasteiger partial charge on any atom is 0.273 e. The van der Waals surface area contributed by atoms with Gasteiger partial charge in [-0.25, -0.2) is 8.42 Å². The Morgan fingerprint density at radius 1 is 1.32 bits per heavy atom. The normalized spacial score (nSPS) is 18.3. The van der Waals surface area contributed by atoms with Crippen LogP contribution in [-0.2, 0) is 16.4 Å². The molecule has 118 valence electrons. The summed E-state index contributed by atoms with van der Waals surface area (Å²) in [6.45, 7) is 4.25. The molecule has 1 unspecified atom stereocenters. The van der Waals surface area contributed by atoms with Crippen LogP contribution in [0.25, 0.3) is 0 Å². The molecule has 22 heavy (non-hydrogen) atoms. The van der Waals surface area contributed by atoms with Gasteiger partial charge in [0, 0.05) is 17.0 Å². The zero-order valence-electron chi connectivity index (χ0n) is 12.6. The van der Waals surface area contributed by atoms with Gasteiger partial charge in [-0.1, -0.05) is 24.6 Å². The summed E-state index contributed by atoms with van der Waals surface area (Å²) in [5, 5.41) is 10.2. The Morgan fingerprint density at radius 3 is 2.77 bits per heavy atom. The molecular formula is C16H19NO3S2. The van der Waals surface area contributed by atoms with Crippen molar-refractivity contribution < 1.29 is 13.5 Å². The highest BCUT2D eigenvalue weighted by atomic mass is 32.2. The van der Waals surface area contributed by atoms with Crippen LogP contribution in [0.15, 0.2) is 34.5 Å². The number of aliphatic hydroxyl groups excluding tert-OH is 1. The fourth-order valence-corrected chi connectivity index (χ4v) is 5.64. The van der Waals surface area contributed by atoms with Gasteiger partial charge in [0.25, 0.3) is 10.0 Å². The SMILES string of the molecule is CCc1ccc(S(=O)(=O)N2CCC(O)c3cc(C)ccc32)s1. The third kappa shape index (κ3) is 2.55. The second-order valence-corrected chi connectivity index (χ2v) is 8.78. The molecule has 1 aliphatic rings. The lowest BCUT2D eigenvalue weighted by Crippen LogP contribution is -2.36. The fourth-order valence-electron chi connectivity index (χ4n) is 2.73. The quantitative estimate of drug-likeness (QED) is 0.935. The summed E-state index contributed by atoms with van der Waals surface area (Å²) in [5.74, 6) is 0. The Balaban J connectivity index is 2.07. The summed E-state index contributed by atoms with van der Waals surface area (Å²) in [6.07, 6.45) is 0.645. The van der Waals surface area contributed by atoms with Crippen LogP contribution in [0.1, 0.15) is 35.5 Å². The molecule has 1 aromatic heterocycles. The van der Waals surface area contributed by atoms with Crippen molar-refractivity contribution in [3.8, 4) is 0 Å². The Hall–Kier alpha value is -1.37. The summed E-state index contributed by atoms with van der Waals surface area (Å²) < 4.78 is 27.6. The summed E-state index contributed by atoms with van der Waals surface area (Å²) >= 11 is 1.32. The number of aryl methyl sites for hydroxylation is 2. The van der Waals surface area contributed by atoms with Gasteiger partial charge >= 0.3 is 0 Å². The highest BCUT2D eigenvalue weighted by Gasteiger charge is 2.33. The first-order valence-electron chi connectivity index (χ1n) is 7.33. The van der Waals surface area contributed by atoms with E-state index in [1.54, 1.807) is 12.1 Å². The minimum atomic E-state index is -3.56. The Kier molecular flexibility index (Phi) is 4.01. The number of sulfonamides is 1. The molecule has 4 nitrogen and oxygen atoms in total. The van der Waals surface area contributed by atoms with Crippen molar-refractivity contribution in [2.24, 2.45) is 0 Å². The number of nitrogens with zero attached hydrogens (tertiary/aromatic N) is 1. The summed E-state index contributed by atoms with van der Waals surface area (Å²) in [6, 6.07) is 9.09. The molecule has 1 aromatic carbocycles. The van der Waals surface area contributed by atoms with Crippen molar-refractivity contribution in [2.75, 3.05) is 10.8 Å². The van der Waals surface area contributed by atoms with E-state index in [0.717, 1.165) is 16.9 Å². The molecule has 3 rings (SSSR count). The molecule has 1 N–H and O–H groups in total. The Morgan fingerprint density at radius 2 is 2.09 bits per heavy atom. The summed E-state index contributed by atoms with van der Waals surface area (Å²) in [4.78, 5) is 1.06. The number of hydrogen-bond acceptors (Lipinski definition) is 4. The number of aliphatic hydroxyl groups is 1. The zero-order chi connectivity index (χ0) is 15.9. The predicted octanol–water partition coefficient (Wildman–Crippen LogP) is 3.25. The maximum absolute atomic E-state index is 12.9. The first kappa shape index (κ1) is 15.5. The average molecular weight is 337 g/mol. The number of fused-ring (bicyclic) bond motifs is 1. The van der Waals surface area contributed by atoms with E-state index in [9.17, 15) is 13.5 Å². The Bertz CT molecular complexity index is 795. The van der Waals surface area contributed by atoms with Gasteiger partial charge in [-0.15, -0.1) is 11.3 Å². The first-order valence-corrected chi connectivity index (χ1v) is 9.59. The van der Waals surface area contributed by atoms with E-state index < -0.39 is 16.1 Å². The van der Waals surface area contributed by atoms with Crippen molar-refractivity contribution >= 4 is 27.0 Å². The molecule has 2 heterocycles. The number of anilines is 1. The number of rotatable bonds is 3. The van der Waals surface area contributed by atoms with Crippen molar-refractivity contribution in [2.45, 2.75) is 37.0 Å². The number of thiophene rings is 1. The van der Waals surface area contributed by atoms with Gasteiger partial charge < -0.3 is 5.11 Å². The van der Waals surface area contributed by atoms with Crippen LogP contribution in [0, 0.1) is 6.92 Å². The minimum absolute atomic E-state index is 0.304. The highest BCUT2D eigenvalue weighted by molar-refractivity contribution is 7.94. The topological polar surface area (TPSA) is 57.6 Å². The van der Waals surface area contributed by atoms with E-state index in [0.29, 0.717) is 28.4 Å². The van der Waals surface area contributed by atoms with Crippen LogP contribution in [0.4, 0.5) is 5.69 Å². The van der Waals surface area contributed by atoms with Crippen molar-refractivity contribution in [3.05, 3.63) is 46.3 Å². The average Bonchev–Trinajstić information content (AvgIpc) is 2.97. The predicted molar refractivity (Wildman–Crippen MR) is 89.0 cm³/mol. The third-order valence-corrected chi connectivity index (χ3v) is 7.46. The first-order chi connectivity index (χ1) is 10.4. The minimum Gasteiger partial charge on any atom is -0.388 e. The van der Waals surface area contributed by atoms with E-state index in [4.69, 9.17) is 0 Å². The van der Waals surface area contributed by atoms with Crippen LogP contribution in [-0.4, -0.2) is 20.1 Å². The highest BCUT2D eigenvalue weighted by Crippen LogP contribution is 2.38. The van der Waals surface area contributed by atoms with E-state index in [2.05, 4.69) is 0 Å². The van der Waals surface area contributed by atoms with Gasteiger partial charge in [0.05, 0.1) is 11.8 Å². The van der Waals surface area contributed by atoms with Crippen molar-refractivity contribution in [3.63, 3.8) is 0 Å². The second kappa shape index (κ2) is 5.68. The van der Waals surface area contributed by atoms with Crippen molar-refractivity contribution in [1.82, 2.24) is 0 Å². The van der Waals surface area contributed by atoms with E-state index in [1.807, 2.05) is 32.0 Å². The molecule has 0 saturated carbocycles. The summed E-state index contributed by atoms with van der Waals surface area (Å²) in [5.41, 5.74) is 2.30. The Labute approximate surface area is 135 Å². The monoisotopic (exact) mass is 337 g/mol. The molecule has 0 bridgehead atoms. The van der Waals surface area contributed by atoms with Crippen molar-refractivity contribution in [1.29, 1.82) is 0 Å². The molecule has 1 atom stereocenters. The van der Waals surface area contributed by atoms with Crippen LogP contribution in [0.2, 0.25) is 0 Å². The van der Waals surface area contributed by atoms with E-state index in [1.165, 1.54) is 15.6 Å². The lowest BCUT2D eigenvalue weighted by atomic mass is 9.99. The van der Waals surface area contributed by atoms with Crippen LogP contribution in [0.5, 0.6) is 0 Å². The fraction of sp³-hybridized carbons (Fsp3) is 0.375. The molecule has 0 saturated heterocycles. The zero-order valence-corrected chi connectivity index (χ0v) is 14.2. The van der Waals surface area contributed by atoms with Gasteiger partial charge in [-0.3, -0.25) is 4.31 Å². The van der Waals surface area contributed by atoms with Gasteiger partial charge in [-0.2, -0.15) is 0 Å².